The van der Waals surface area contributed by atoms with Crippen molar-refractivity contribution in [3.63, 3.8) is 0 Å². The Hall–Kier alpha value is -3.94. The Labute approximate surface area is 230 Å². The standard InChI is InChI=1S/C31H37N5O3/c1-21(2)18-25-32-29(36-16-14-35(15-17-36)26(37)20-31(3,4)5)27-28(34-39-30(27)33-25)22-10-9-13-24(19-22)38-23-11-7-6-8-12-23/h6-13,19,21H,14-18,20H2,1-5H3. The van der Waals surface area contributed by atoms with E-state index in [-0.39, 0.29) is 11.3 Å². The van der Waals surface area contributed by atoms with E-state index in [1.807, 2.05) is 59.5 Å². The lowest BCUT2D eigenvalue weighted by Crippen LogP contribution is -2.49. The number of nitrogens with zero attached hydrogens (tertiary/aromatic N) is 5. The molecule has 2 aromatic carbocycles. The maximum absolute atomic E-state index is 12.9. The van der Waals surface area contributed by atoms with Crippen molar-refractivity contribution < 1.29 is 14.1 Å². The van der Waals surface area contributed by atoms with Gasteiger partial charge in [-0.05, 0) is 35.6 Å². The average molecular weight is 528 g/mol. The van der Waals surface area contributed by atoms with Crippen LogP contribution in [0.3, 0.4) is 0 Å². The normalized spacial score (nSPS) is 14.3. The van der Waals surface area contributed by atoms with E-state index < -0.39 is 0 Å². The second kappa shape index (κ2) is 11.0. The molecule has 1 fully saturated rings. The molecule has 1 amide bonds. The van der Waals surface area contributed by atoms with Gasteiger partial charge in [-0.3, -0.25) is 4.79 Å². The molecule has 0 spiro atoms. The number of carbonyl (C=O) groups excluding carboxylic acids is 1. The Morgan fingerprint density at radius 2 is 1.69 bits per heavy atom. The maximum atomic E-state index is 12.9. The Bertz CT molecular complexity index is 1430. The molecule has 0 unspecified atom stereocenters. The van der Waals surface area contributed by atoms with Crippen molar-refractivity contribution in [1.29, 1.82) is 0 Å². The molecular weight excluding hydrogens is 490 g/mol. The largest absolute Gasteiger partial charge is 0.457 e. The fraction of sp³-hybridized carbons (Fsp3) is 0.419. The molecule has 0 radical (unpaired) electrons. The van der Waals surface area contributed by atoms with Crippen LogP contribution in [-0.4, -0.2) is 52.1 Å². The minimum atomic E-state index is -0.0328. The topological polar surface area (TPSA) is 84.6 Å². The minimum absolute atomic E-state index is 0.0328. The first kappa shape index (κ1) is 26.7. The van der Waals surface area contributed by atoms with E-state index in [9.17, 15) is 4.79 Å². The van der Waals surface area contributed by atoms with Crippen LogP contribution in [0, 0.1) is 11.3 Å². The summed E-state index contributed by atoms with van der Waals surface area (Å²) in [5.74, 6) is 3.63. The lowest BCUT2D eigenvalue weighted by Gasteiger charge is -2.36. The molecule has 1 aliphatic rings. The highest BCUT2D eigenvalue weighted by Crippen LogP contribution is 2.36. The second-order valence-corrected chi connectivity index (χ2v) is 11.8. The van der Waals surface area contributed by atoms with Gasteiger partial charge in [-0.1, -0.05) is 70.1 Å². The predicted molar refractivity (Wildman–Crippen MR) is 153 cm³/mol. The molecule has 0 atom stereocenters. The lowest BCUT2D eigenvalue weighted by molar-refractivity contribution is -0.133. The van der Waals surface area contributed by atoms with Crippen molar-refractivity contribution in [2.24, 2.45) is 11.3 Å². The fourth-order valence-corrected chi connectivity index (χ4v) is 4.83. The third-order valence-corrected chi connectivity index (χ3v) is 6.65. The summed E-state index contributed by atoms with van der Waals surface area (Å²) in [5, 5.41) is 5.23. The monoisotopic (exact) mass is 527 g/mol. The van der Waals surface area contributed by atoms with E-state index in [1.54, 1.807) is 0 Å². The maximum Gasteiger partial charge on any atom is 0.263 e. The Kier molecular flexibility index (Phi) is 7.55. The van der Waals surface area contributed by atoms with Gasteiger partial charge in [-0.2, -0.15) is 4.98 Å². The zero-order valence-corrected chi connectivity index (χ0v) is 23.5. The number of ether oxygens (including phenoxy) is 1. The van der Waals surface area contributed by atoms with E-state index in [0.29, 0.717) is 55.7 Å². The number of carbonyl (C=O) groups is 1. The van der Waals surface area contributed by atoms with Gasteiger partial charge in [-0.15, -0.1) is 0 Å². The van der Waals surface area contributed by atoms with Gasteiger partial charge < -0.3 is 19.1 Å². The summed E-state index contributed by atoms with van der Waals surface area (Å²) in [5.41, 5.74) is 1.99. The van der Waals surface area contributed by atoms with Gasteiger partial charge in [0.05, 0.1) is 0 Å². The van der Waals surface area contributed by atoms with E-state index in [0.717, 1.165) is 34.8 Å². The third-order valence-electron chi connectivity index (χ3n) is 6.65. The average Bonchev–Trinajstić information content (AvgIpc) is 3.32. The number of amides is 1. The minimum Gasteiger partial charge on any atom is -0.457 e. The van der Waals surface area contributed by atoms with Crippen molar-refractivity contribution in [3.8, 4) is 22.8 Å². The molecule has 5 rings (SSSR count). The van der Waals surface area contributed by atoms with Crippen LogP contribution in [0.15, 0.2) is 59.1 Å². The molecule has 0 bridgehead atoms. The molecule has 4 aromatic rings. The summed E-state index contributed by atoms with van der Waals surface area (Å²) in [6, 6.07) is 17.5. The van der Waals surface area contributed by atoms with Crippen molar-refractivity contribution in [1.82, 2.24) is 20.0 Å². The molecule has 0 N–H and O–H groups in total. The molecule has 8 nitrogen and oxygen atoms in total. The highest BCUT2D eigenvalue weighted by Gasteiger charge is 2.28. The van der Waals surface area contributed by atoms with Crippen LogP contribution < -0.4 is 9.64 Å². The second-order valence-electron chi connectivity index (χ2n) is 11.8. The smallest absolute Gasteiger partial charge is 0.263 e. The number of piperazine rings is 1. The van der Waals surface area contributed by atoms with Crippen LogP contribution in [0.2, 0.25) is 0 Å². The number of fused-ring (bicyclic) bond motifs is 1. The lowest BCUT2D eigenvalue weighted by atomic mass is 9.91. The zero-order valence-electron chi connectivity index (χ0n) is 23.5. The third kappa shape index (κ3) is 6.38. The molecule has 8 heteroatoms. The summed E-state index contributed by atoms with van der Waals surface area (Å²) in [4.78, 5) is 26.8. The Morgan fingerprint density at radius 3 is 2.38 bits per heavy atom. The van der Waals surface area contributed by atoms with E-state index in [2.05, 4.69) is 44.7 Å². The predicted octanol–water partition coefficient (Wildman–Crippen LogP) is 6.36. The number of anilines is 1. The summed E-state index contributed by atoms with van der Waals surface area (Å²) in [6.07, 6.45) is 1.28. The molecule has 204 valence electrons. The van der Waals surface area contributed by atoms with Gasteiger partial charge in [0.2, 0.25) is 5.91 Å². The number of para-hydroxylation sites is 1. The van der Waals surface area contributed by atoms with Crippen molar-refractivity contribution in [3.05, 3.63) is 60.4 Å². The molecule has 2 aromatic heterocycles. The van der Waals surface area contributed by atoms with Crippen LogP contribution in [0.5, 0.6) is 11.5 Å². The van der Waals surface area contributed by atoms with Gasteiger partial charge >= 0.3 is 0 Å². The summed E-state index contributed by atoms with van der Waals surface area (Å²) in [6.45, 7) is 13.3. The van der Waals surface area contributed by atoms with Gasteiger partial charge in [0.1, 0.15) is 34.2 Å². The number of hydrogen-bond donors (Lipinski definition) is 0. The highest BCUT2D eigenvalue weighted by molar-refractivity contribution is 5.98. The quantitative estimate of drug-likeness (QED) is 0.276. The van der Waals surface area contributed by atoms with E-state index in [4.69, 9.17) is 19.2 Å². The number of benzene rings is 2. The Balaban J connectivity index is 1.47. The first-order valence-electron chi connectivity index (χ1n) is 13.7. The molecule has 1 saturated heterocycles. The first-order valence-corrected chi connectivity index (χ1v) is 13.7. The summed E-state index contributed by atoms with van der Waals surface area (Å²) < 4.78 is 11.9. The van der Waals surface area contributed by atoms with Crippen LogP contribution >= 0.6 is 0 Å². The van der Waals surface area contributed by atoms with Gasteiger partial charge in [-0.25, -0.2) is 4.98 Å². The van der Waals surface area contributed by atoms with Crippen LogP contribution in [-0.2, 0) is 11.2 Å². The number of rotatable bonds is 7. The fourth-order valence-electron chi connectivity index (χ4n) is 4.83. The van der Waals surface area contributed by atoms with E-state index in [1.165, 1.54) is 0 Å². The number of aromatic nitrogens is 3. The highest BCUT2D eigenvalue weighted by atomic mass is 16.5. The van der Waals surface area contributed by atoms with Crippen LogP contribution in [0.1, 0.15) is 46.9 Å². The van der Waals surface area contributed by atoms with Crippen molar-refractivity contribution in [2.45, 2.75) is 47.5 Å². The SMILES string of the molecule is CC(C)Cc1nc(N2CCN(C(=O)CC(C)(C)C)CC2)c2c(-c3cccc(Oc4ccccc4)c3)noc2n1. The molecule has 39 heavy (non-hydrogen) atoms. The van der Waals surface area contributed by atoms with Crippen LogP contribution in [0.25, 0.3) is 22.4 Å². The number of hydrogen-bond acceptors (Lipinski definition) is 7. The van der Waals surface area contributed by atoms with Gasteiger partial charge in [0, 0.05) is 44.6 Å². The molecule has 0 aliphatic carbocycles. The Morgan fingerprint density at radius 1 is 0.974 bits per heavy atom. The molecule has 3 heterocycles. The molecule has 0 saturated carbocycles. The van der Waals surface area contributed by atoms with Crippen molar-refractivity contribution >= 4 is 22.8 Å². The summed E-state index contributed by atoms with van der Waals surface area (Å²) in [7, 11) is 0. The first-order chi connectivity index (χ1) is 18.7. The van der Waals surface area contributed by atoms with Gasteiger partial charge in [0.15, 0.2) is 0 Å². The van der Waals surface area contributed by atoms with Crippen LogP contribution in [0.4, 0.5) is 5.82 Å². The summed E-state index contributed by atoms with van der Waals surface area (Å²) >= 11 is 0. The van der Waals surface area contributed by atoms with E-state index >= 15 is 0 Å². The molecule has 1 aliphatic heterocycles. The van der Waals surface area contributed by atoms with Gasteiger partial charge in [0.25, 0.3) is 5.71 Å². The van der Waals surface area contributed by atoms with Crippen molar-refractivity contribution in [2.75, 3.05) is 31.1 Å². The molecular formula is C31H37N5O3. The zero-order chi connectivity index (χ0) is 27.6.